The van der Waals surface area contributed by atoms with Crippen LogP contribution in [-0.2, 0) is 31.4 Å². The third-order valence-corrected chi connectivity index (χ3v) is 4.35. The number of carboxylic acid groups (broad SMARTS) is 1. The van der Waals surface area contributed by atoms with E-state index in [0.29, 0.717) is 6.42 Å². The SMILES string of the molecule is CCCCCCCC/C=C\CCCCCCCC(=O)OC=C(C)C(=O)O.[Cu]. The molecule has 0 aromatic heterocycles. The fourth-order valence-corrected chi connectivity index (χ4v) is 2.60. The van der Waals surface area contributed by atoms with Crippen molar-refractivity contribution in [1.29, 1.82) is 0 Å². The molecule has 1 radical (unpaired) electrons. The first-order valence-corrected chi connectivity index (χ1v) is 10.3. The summed E-state index contributed by atoms with van der Waals surface area (Å²) in [4.78, 5) is 22.0. The fourth-order valence-electron chi connectivity index (χ4n) is 2.60. The summed E-state index contributed by atoms with van der Waals surface area (Å²) in [7, 11) is 0. The smallest absolute Gasteiger partial charge is 0.334 e. The molecular formula is C22H38CuO4. The van der Waals surface area contributed by atoms with Gasteiger partial charge in [0.25, 0.3) is 0 Å². The van der Waals surface area contributed by atoms with E-state index in [1.807, 2.05) is 0 Å². The summed E-state index contributed by atoms with van der Waals surface area (Å²) in [6.07, 6.45) is 21.8. The molecule has 0 amide bonds. The van der Waals surface area contributed by atoms with Crippen LogP contribution in [0.3, 0.4) is 0 Å². The van der Waals surface area contributed by atoms with Crippen LogP contribution in [0.15, 0.2) is 24.0 Å². The van der Waals surface area contributed by atoms with Gasteiger partial charge in [-0.1, -0.05) is 70.4 Å². The van der Waals surface area contributed by atoms with Crippen LogP contribution in [0, 0.1) is 0 Å². The first-order valence-electron chi connectivity index (χ1n) is 10.3. The van der Waals surface area contributed by atoms with Gasteiger partial charge in [0.15, 0.2) is 0 Å². The van der Waals surface area contributed by atoms with Gasteiger partial charge < -0.3 is 9.84 Å². The van der Waals surface area contributed by atoms with E-state index in [1.54, 1.807) is 0 Å². The molecule has 0 saturated heterocycles. The second-order valence-electron chi connectivity index (χ2n) is 6.93. The van der Waals surface area contributed by atoms with Gasteiger partial charge in [-0.05, 0) is 39.0 Å². The molecule has 161 valence electrons. The van der Waals surface area contributed by atoms with Gasteiger partial charge in [-0.25, -0.2) is 4.79 Å². The molecule has 1 N–H and O–H groups in total. The molecular weight excluding hydrogens is 392 g/mol. The number of carbonyl (C=O) groups excluding carboxylic acids is 1. The monoisotopic (exact) mass is 429 g/mol. The maximum Gasteiger partial charge on any atom is 0.334 e. The Balaban J connectivity index is 0. The average molecular weight is 430 g/mol. The molecule has 0 rings (SSSR count). The van der Waals surface area contributed by atoms with Crippen molar-refractivity contribution in [3.8, 4) is 0 Å². The number of unbranched alkanes of at least 4 members (excludes halogenated alkanes) is 11. The minimum atomic E-state index is -1.07. The van der Waals surface area contributed by atoms with E-state index in [9.17, 15) is 9.59 Å². The summed E-state index contributed by atoms with van der Waals surface area (Å²) >= 11 is 0. The maximum absolute atomic E-state index is 11.4. The van der Waals surface area contributed by atoms with Crippen LogP contribution >= 0.6 is 0 Å². The first kappa shape index (κ1) is 28.2. The van der Waals surface area contributed by atoms with Crippen LogP contribution < -0.4 is 0 Å². The van der Waals surface area contributed by atoms with Gasteiger partial charge in [0.2, 0.25) is 0 Å². The second-order valence-corrected chi connectivity index (χ2v) is 6.93. The van der Waals surface area contributed by atoms with Crippen molar-refractivity contribution in [2.45, 2.75) is 104 Å². The predicted octanol–water partition coefficient (Wildman–Crippen LogP) is 6.55. The zero-order chi connectivity index (χ0) is 19.5. The Morgan fingerprint density at radius 2 is 1.30 bits per heavy atom. The molecule has 0 heterocycles. The summed E-state index contributed by atoms with van der Waals surface area (Å²) in [6.45, 7) is 3.65. The van der Waals surface area contributed by atoms with E-state index >= 15 is 0 Å². The summed E-state index contributed by atoms with van der Waals surface area (Å²) in [5.41, 5.74) is 0.0305. The standard InChI is InChI=1S/C22H38O4.Cu/c1-3-4-5-6-7-8-9-10-11-12-13-14-15-16-17-18-21(23)26-19-20(2)22(24)25;/h10-11,19H,3-9,12-18H2,1-2H3,(H,24,25);/b11-10-,20-19?;. The van der Waals surface area contributed by atoms with E-state index in [1.165, 1.54) is 64.7 Å². The Bertz CT molecular complexity index is 430. The van der Waals surface area contributed by atoms with Gasteiger partial charge in [0, 0.05) is 23.5 Å². The van der Waals surface area contributed by atoms with Crippen molar-refractivity contribution in [2.75, 3.05) is 0 Å². The number of carbonyl (C=O) groups is 2. The Hall–Kier alpha value is -1.06. The molecule has 0 aliphatic heterocycles. The topological polar surface area (TPSA) is 63.6 Å². The van der Waals surface area contributed by atoms with E-state index in [0.717, 1.165) is 31.9 Å². The van der Waals surface area contributed by atoms with Gasteiger partial charge in [-0.15, -0.1) is 0 Å². The zero-order valence-corrected chi connectivity index (χ0v) is 18.0. The molecule has 0 atom stereocenters. The van der Waals surface area contributed by atoms with Gasteiger partial charge in [0.05, 0.1) is 5.57 Å². The average Bonchev–Trinajstić information content (AvgIpc) is 2.62. The van der Waals surface area contributed by atoms with E-state index < -0.39 is 5.97 Å². The quantitative estimate of drug-likeness (QED) is 0.0710. The normalized spacial score (nSPS) is 11.4. The summed E-state index contributed by atoms with van der Waals surface area (Å²) in [5.74, 6) is -1.43. The number of esters is 1. The Morgan fingerprint density at radius 3 is 1.81 bits per heavy atom. The van der Waals surface area contributed by atoms with Crippen LogP contribution in [-0.4, -0.2) is 17.0 Å². The third kappa shape index (κ3) is 21.1. The number of ether oxygens (including phenoxy) is 1. The van der Waals surface area contributed by atoms with Crippen molar-refractivity contribution in [3.63, 3.8) is 0 Å². The molecule has 0 aromatic rings. The third-order valence-electron chi connectivity index (χ3n) is 4.35. The molecule has 5 heteroatoms. The number of allylic oxidation sites excluding steroid dienone is 2. The molecule has 0 bridgehead atoms. The van der Waals surface area contributed by atoms with E-state index in [4.69, 9.17) is 9.84 Å². The minimum Gasteiger partial charge on any atom is -0.478 e. The predicted molar refractivity (Wildman–Crippen MR) is 107 cm³/mol. The summed E-state index contributed by atoms with van der Waals surface area (Å²) in [6, 6.07) is 0. The molecule has 0 aliphatic carbocycles. The maximum atomic E-state index is 11.4. The molecule has 0 saturated carbocycles. The van der Waals surface area contributed by atoms with Crippen molar-refractivity contribution >= 4 is 11.9 Å². The molecule has 27 heavy (non-hydrogen) atoms. The van der Waals surface area contributed by atoms with Gasteiger partial charge in [0.1, 0.15) is 6.26 Å². The number of rotatable bonds is 17. The second kappa shape index (κ2) is 21.2. The molecule has 0 aromatic carbocycles. The largest absolute Gasteiger partial charge is 0.478 e. The fraction of sp³-hybridized carbons (Fsp3) is 0.727. The van der Waals surface area contributed by atoms with Crippen LogP contribution in [0.2, 0.25) is 0 Å². The Labute approximate surface area is 176 Å². The number of hydrogen-bond donors (Lipinski definition) is 1. The van der Waals surface area contributed by atoms with Crippen molar-refractivity contribution < 1.29 is 36.5 Å². The molecule has 0 unspecified atom stereocenters. The summed E-state index contributed by atoms with van der Waals surface area (Å²) in [5, 5.41) is 8.65. The van der Waals surface area contributed by atoms with Crippen molar-refractivity contribution in [3.05, 3.63) is 24.0 Å². The number of aliphatic carboxylic acids is 1. The minimum absolute atomic E-state index is 0. The summed E-state index contributed by atoms with van der Waals surface area (Å²) < 4.78 is 4.79. The van der Waals surface area contributed by atoms with Crippen LogP contribution in [0.1, 0.15) is 104 Å². The van der Waals surface area contributed by atoms with E-state index in [-0.39, 0.29) is 28.6 Å². The van der Waals surface area contributed by atoms with Crippen LogP contribution in [0.5, 0.6) is 0 Å². The molecule has 4 nitrogen and oxygen atoms in total. The number of hydrogen-bond acceptors (Lipinski definition) is 3. The zero-order valence-electron chi connectivity index (χ0n) is 17.1. The first-order chi connectivity index (χ1) is 12.6. The van der Waals surface area contributed by atoms with Crippen molar-refractivity contribution in [2.24, 2.45) is 0 Å². The molecule has 0 aliphatic rings. The van der Waals surface area contributed by atoms with Gasteiger partial charge >= 0.3 is 11.9 Å². The van der Waals surface area contributed by atoms with Gasteiger partial charge in [-0.3, -0.25) is 4.79 Å². The molecule has 0 fully saturated rings. The van der Waals surface area contributed by atoms with Crippen LogP contribution in [0.4, 0.5) is 0 Å². The van der Waals surface area contributed by atoms with Gasteiger partial charge in [-0.2, -0.15) is 0 Å². The number of carboxylic acids is 1. The Kier molecular flexibility index (Phi) is 22.1. The van der Waals surface area contributed by atoms with Crippen molar-refractivity contribution in [1.82, 2.24) is 0 Å². The van der Waals surface area contributed by atoms with Crippen LogP contribution in [0.25, 0.3) is 0 Å². The van der Waals surface area contributed by atoms with E-state index in [2.05, 4.69) is 19.1 Å². The molecule has 0 spiro atoms. The Morgan fingerprint density at radius 1 is 0.815 bits per heavy atom.